The lowest BCUT2D eigenvalue weighted by molar-refractivity contribution is 0.279. The molecule has 1 saturated heterocycles. The van der Waals surface area contributed by atoms with Gasteiger partial charge >= 0.3 is 0 Å². The van der Waals surface area contributed by atoms with Gasteiger partial charge in [0, 0.05) is 11.6 Å². The molecule has 17 heavy (non-hydrogen) atoms. The van der Waals surface area contributed by atoms with Gasteiger partial charge in [0.05, 0.1) is 5.41 Å². The van der Waals surface area contributed by atoms with Gasteiger partial charge in [0.1, 0.15) is 5.52 Å². The third-order valence-electron chi connectivity index (χ3n) is 3.46. The number of nitrogens with one attached hydrogen (secondary N) is 1. The van der Waals surface area contributed by atoms with Gasteiger partial charge in [-0.05, 0) is 44.5 Å². The van der Waals surface area contributed by atoms with Crippen molar-refractivity contribution in [3.63, 3.8) is 0 Å². The monoisotopic (exact) mass is 250 g/mol. The Morgan fingerprint density at radius 1 is 1.47 bits per heavy atom. The van der Waals surface area contributed by atoms with Crippen LogP contribution in [0.25, 0.3) is 11.1 Å². The van der Waals surface area contributed by atoms with Crippen LogP contribution in [0.2, 0.25) is 5.02 Å². The summed E-state index contributed by atoms with van der Waals surface area (Å²) in [6.07, 6.45) is 2.27. The molecule has 0 radical (unpaired) electrons. The fraction of sp³-hybridized carbons (Fsp3) is 0.462. The highest BCUT2D eigenvalue weighted by Crippen LogP contribution is 2.32. The number of hydrogen-bond donors (Lipinski definition) is 1. The summed E-state index contributed by atoms with van der Waals surface area (Å²) < 4.78 is 5.86. The van der Waals surface area contributed by atoms with Crippen LogP contribution < -0.4 is 5.32 Å². The lowest BCUT2D eigenvalue weighted by atomic mass is 9.83. The summed E-state index contributed by atoms with van der Waals surface area (Å²) in [5, 5.41) is 4.10. The molecule has 2 heterocycles. The lowest BCUT2D eigenvalue weighted by Crippen LogP contribution is -2.41. The number of halogens is 1. The Balaban J connectivity index is 2.05. The summed E-state index contributed by atoms with van der Waals surface area (Å²) in [5.41, 5.74) is 1.67. The van der Waals surface area contributed by atoms with Crippen LogP contribution in [-0.2, 0) is 5.41 Å². The van der Waals surface area contributed by atoms with Crippen LogP contribution in [0, 0.1) is 0 Å². The molecule has 1 fully saturated rings. The molecule has 1 aromatic heterocycles. The Morgan fingerprint density at radius 3 is 3.12 bits per heavy atom. The normalized spacial score (nSPS) is 25.3. The minimum Gasteiger partial charge on any atom is -0.440 e. The number of hydrogen-bond acceptors (Lipinski definition) is 3. The van der Waals surface area contributed by atoms with Crippen molar-refractivity contribution in [1.82, 2.24) is 10.3 Å². The number of fused-ring (bicyclic) bond motifs is 1. The molecule has 1 aromatic carbocycles. The summed E-state index contributed by atoms with van der Waals surface area (Å²) in [7, 11) is 0. The van der Waals surface area contributed by atoms with Crippen molar-refractivity contribution in [2.24, 2.45) is 0 Å². The number of nitrogens with zero attached hydrogens (tertiary/aromatic N) is 1. The van der Waals surface area contributed by atoms with Gasteiger partial charge in [0.2, 0.25) is 5.89 Å². The van der Waals surface area contributed by atoms with E-state index in [1.54, 1.807) is 0 Å². The highest BCUT2D eigenvalue weighted by molar-refractivity contribution is 6.31. The first-order chi connectivity index (χ1) is 8.17. The van der Waals surface area contributed by atoms with Crippen LogP contribution in [0.4, 0.5) is 0 Å². The molecule has 0 amide bonds. The van der Waals surface area contributed by atoms with Crippen LogP contribution in [0.1, 0.15) is 25.7 Å². The van der Waals surface area contributed by atoms with Crippen molar-refractivity contribution < 1.29 is 4.42 Å². The molecule has 0 saturated carbocycles. The smallest absolute Gasteiger partial charge is 0.202 e. The van der Waals surface area contributed by atoms with Crippen LogP contribution >= 0.6 is 11.6 Å². The van der Waals surface area contributed by atoms with Crippen molar-refractivity contribution in [3.8, 4) is 0 Å². The molecule has 1 aliphatic heterocycles. The predicted octanol–water partition coefficient (Wildman–Crippen LogP) is 3.12. The van der Waals surface area contributed by atoms with E-state index in [1.165, 1.54) is 0 Å². The van der Waals surface area contributed by atoms with Crippen molar-refractivity contribution in [2.75, 3.05) is 13.1 Å². The Labute approximate surface area is 105 Å². The molecule has 3 nitrogen and oxygen atoms in total. The Morgan fingerprint density at radius 2 is 2.35 bits per heavy atom. The molecule has 4 heteroatoms. The first-order valence-electron chi connectivity index (χ1n) is 5.95. The Kier molecular flexibility index (Phi) is 2.60. The number of benzene rings is 1. The summed E-state index contributed by atoms with van der Waals surface area (Å²) in [4.78, 5) is 4.58. The van der Waals surface area contributed by atoms with Crippen LogP contribution in [0.3, 0.4) is 0 Å². The van der Waals surface area contributed by atoms with Gasteiger partial charge < -0.3 is 9.73 Å². The molecular formula is C13H15ClN2O. The van der Waals surface area contributed by atoms with E-state index in [9.17, 15) is 0 Å². The SMILES string of the molecule is CC1(c2nc3cc(Cl)ccc3o2)CCCNC1. The zero-order valence-electron chi connectivity index (χ0n) is 9.79. The predicted molar refractivity (Wildman–Crippen MR) is 68.5 cm³/mol. The zero-order chi connectivity index (χ0) is 11.9. The number of oxazole rings is 1. The number of rotatable bonds is 1. The maximum atomic E-state index is 5.95. The molecule has 2 aromatic rings. The van der Waals surface area contributed by atoms with E-state index in [4.69, 9.17) is 16.0 Å². The van der Waals surface area contributed by atoms with E-state index < -0.39 is 0 Å². The third kappa shape index (κ3) is 1.94. The fourth-order valence-electron chi connectivity index (χ4n) is 2.40. The standard InChI is InChI=1S/C13H15ClN2O/c1-13(5-2-6-15-8-13)12-16-10-7-9(14)3-4-11(10)17-12/h3-4,7,15H,2,5-6,8H2,1H3. The van der Waals surface area contributed by atoms with Crippen LogP contribution in [0.15, 0.2) is 22.6 Å². The summed E-state index contributed by atoms with van der Waals surface area (Å²) >= 11 is 5.95. The van der Waals surface area contributed by atoms with Gasteiger partial charge in [0.15, 0.2) is 5.58 Å². The van der Waals surface area contributed by atoms with E-state index in [0.717, 1.165) is 42.9 Å². The fourth-order valence-corrected chi connectivity index (χ4v) is 2.56. The molecule has 3 rings (SSSR count). The summed E-state index contributed by atoms with van der Waals surface area (Å²) in [6.45, 7) is 4.21. The molecule has 90 valence electrons. The van der Waals surface area contributed by atoms with Crippen molar-refractivity contribution >= 4 is 22.7 Å². The van der Waals surface area contributed by atoms with Gasteiger partial charge in [-0.1, -0.05) is 11.6 Å². The van der Waals surface area contributed by atoms with Gasteiger partial charge in [-0.3, -0.25) is 0 Å². The summed E-state index contributed by atoms with van der Waals surface area (Å²) in [6, 6.07) is 5.57. The van der Waals surface area contributed by atoms with Crippen molar-refractivity contribution in [2.45, 2.75) is 25.2 Å². The maximum absolute atomic E-state index is 5.95. The highest BCUT2D eigenvalue weighted by atomic mass is 35.5. The summed E-state index contributed by atoms with van der Waals surface area (Å²) in [5.74, 6) is 0.821. The Hall–Kier alpha value is -1.06. The topological polar surface area (TPSA) is 38.1 Å². The highest BCUT2D eigenvalue weighted by Gasteiger charge is 2.33. The van der Waals surface area contributed by atoms with E-state index in [-0.39, 0.29) is 5.41 Å². The molecule has 0 bridgehead atoms. The average molecular weight is 251 g/mol. The maximum Gasteiger partial charge on any atom is 0.202 e. The van der Waals surface area contributed by atoms with Gasteiger partial charge in [-0.25, -0.2) is 4.98 Å². The number of aromatic nitrogens is 1. The minimum absolute atomic E-state index is 0.00372. The van der Waals surface area contributed by atoms with Crippen molar-refractivity contribution in [1.29, 1.82) is 0 Å². The second-order valence-electron chi connectivity index (χ2n) is 4.97. The van der Waals surface area contributed by atoms with E-state index in [1.807, 2.05) is 18.2 Å². The van der Waals surface area contributed by atoms with E-state index >= 15 is 0 Å². The van der Waals surface area contributed by atoms with E-state index in [0.29, 0.717) is 5.02 Å². The number of piperidine rings is 1. The zero-order valence-corrected chi connectivity index (χ0v) is 10.5. The average Bonchev–Trinajstić information content (AvgIpc) is 2.73. The molecule has 1 N–H and O–H groups in total. The molecular weight excluding hydrogens is 236 g/mol. The second-order valence-corrected chi connectivity index (χ2v) is 5.41. The first-order valence-corrected chi connectivity index (χ1v) is 6.32. The molecule has 1 aliphatic rings. The lowest BCUT2D eigenvalue weighted by Gasteiger charge is -2.30. The minimum atomic E-state index is 0.00372. The quantitative estimate of drug-likeness (QED) is 0.845. The molecule has 1 atom stereocenters. The van der Waals surface area contributed by atoms with E-state index in [2.05, 4.69) is 17.2 Å². The first kappa shape index (κ1) is 11.1. The Bertz CT molecular complexity index is 543. The molecule has 1 unspecified atom stereocenters. The van der Waals surface area contributed by atoms with Gasteiger partial charge in [-0.2, -0.15) is 0 Å². The second kappa shape index (κ2) is 4.00. The van der Waals surface area contributed by atoms with Gasteiger partial charge in [0.25, 0.3) is 0 Å². The molecule has 0 aliphatic carbocycles. The van der Waals surface area contributed by atoms with Gasteiger partial charge in [-0.15, -0.1) is 0 Å². The van der Waals surface area contributed by atoms with Crippen LogP contribution in [0.5, 0.6) is 0 Å². The third-order valence-corrected chi connectivity index (χ3v) is 3.70. The van der Waals surface area contributed by atoms with Crippen molar-refractivity contribution in [3.05, 3.63) is 29.1 Å². The molecule has 0 spiro atoms. The largest absolute Gasteiger partial charge is 0.440 e. The van der Waals surface area contributed by atoms with Crippen LogP contribution in [-0.4, -0.2) is 18.1 Å².